The lowest BCUT2D eigenvalue weighted by molar-refractivity contribution is 0.139. The highest BCUT2D eigenvalue weighted by atomic mass is 16.5. The lowest BCUT2D eigenvalue weighted by Gasteiger charge is -2.22. The number of benzene rings is 1. The number of hydrogen-bond acceptors (Lipinski definition) is 7. The highest BCUT2D eigenvalue weighted by molar-refractivity contribution is 5.58. The van der Waals surface area contributed by atoms with Gasteiger partial charge in [0, 0.05) is 33.9 Å². The summed E-state index contributed by atoms with van der Waals surface area (Å²) in [6.45, 7) is 0.665. The quantitative estimate of drug-likeness (QED) is 0.720. The average molecular weight is 303 g/mol. The fraction of sp³-hybridized carbons (Fsp3) is 0.400. The Morgan fingerprint density at radius 3 is 2.00 bits per heavy atom. The predicted octanol–water partition coefficient (Wildman–Crippen LogP) is 1.62. The third-order valence-electron chi connectivity index (χ3n) is 2.90. The zero-order valence-electron chi connectivity index (χ0n) is 13.4. The minimum Gasteiger partial charge on any atom is -0.364 e. The van der Waals surface area contributed by atoms with Crippen molar-refractivity contribution in [1.29, 1.82) is 0 Å². The summed E-state index contributed by atoms with van der Waals surface area (Å²) in [6.07, 6.45) is 0. The monoisotopic (exact) mass is 303 g/mol. The van der Waals surface area contributed by atoms with Gasteiger partial charge in [-0.25, -0.2) is 0 Å². The maximum atomic E-state index is 5.19. The molecule has 0 fully saturated rings. The van der Waals surface area contributed by atoms with Crippen LogP contribution >= 0.6 is 0 Å². The van der Waals surface area contributed by atoms with Crippen LogP contribution in [0.5, 0.6) is 0 Å². The molecule has 1 aromatic heterocycles. The summed E-state index contributed by atoms with van der Waals surface area (Å²) >= 11 is 0. The van der Waals surface area contributed by atoms with Gasteiger partial charge in [-0.05, 0) is 0 Å². The average Bonchev–Trinajstić information content (AvgIpc) is 2.55. The summed E-state index contributed by atoms with van der Waals surface area (Å²) in [5.74, 6) is 1.72. The van der Waals surface area contributed by atoms with Gasteiger partial charge in [0.25, 0.3) is 0 Å². The van der Waals surface area contributed by atoms with E-state index in [0.717, 1.165) is 5.56 Å². The van der Waals surface area contributed by atoms with Gasteiger partial charge in [0.1, 0.15) is 13.5 Å². The number of methoxy groups -OCH3 is 2. The van der Waals surface area contributed by atoms with Gasteiger partial charge < -0.3 is 14.4 Å². The van der Waals surface area contributed by atoms with Gasteiger partial charge in [-0.3, -0.25) is 4.90 Å². The van der Waals surface area contributed by atoms with E-state index in [4.69, 9.17) is 9.47 Å². The molecule has 2 aromatic rings. The molecule has 0 unspecified atom stereocenters. The van der Waals surface area contributed by atoms with Gasteiger partial charge in [0.2, 0.25) is 11.9 Å². The highest BCUT2D eigenvalue weighted by Crippen LogP contribution is 2.20. The Morgan fingerprint density at radius 1 is 0.864 bits per heavy atom. The maximum absolute atomic E-state index is 5.19. The topological polar surface area (TPSA) is 63.6 Å². The number of hydrogen-bond donors (Lipinski definition) is 0. The molecule has 22 heavy (non-hydrogen) atoms. The molecule has 118 valence electrons. The van der Waals surface area contributed by atoms with Crippen molar-refractivity contribution in [1.82, 2.24) is 15.0 Å². The first-order chi connectivity index (χ1) is 10.7. The molecule has 0 aliphatic rings. The van der Waals surface area contributed by atoms with Gasteiger partial charge in [0.05, 0.1) is 0 Å². The number of anilines is 2. The van der Waals surface area contributed by atoms with Crippen molar-refractivity contribution in [3.05, 3.63) is 30.3 Å². The Morgan fingerprint density at radius 2 is 1.45 bits per heavy atom. The van der Waals surface area contributed by atoms with Crippen molar-refractivity contribution < 1.29 is 9.47 Å². The van der Waals surface area contributed by atoms with Gasteiger partial charge in [-0.15, -0.1) is 0 Å². The standard InChI is InChI=1S/C15H21N5O2/c1-19(2)14-16-13(12-8-6-5-7-9-12)17-15(18-14)20(10-21-3)11-22-4/h5-9H,10-11H2,1-4H3. The van der Waals surface area contributed by atoms with Gasteiger partial charge in [0.15, 0.2) is 5.82 Å². The van der Waals surface area contributed by atoms with Crippen LogP contribution in [-0.4, -0.2) is 56.7 Å². The molecule has 7 nitrogen and oxygen atoms in total. The lowest BCUT2D eigenvalue weighted by Crippen LogP contribution is -2.30. The molecule has 7 heteroatoms. The SMILES string of the molecule is COCN(COC)c1nc(-c2ccccc2)nc(N(C)C)n1. The molecule has 2 rings (SSSR count). The van der Waals surface area contributed by atoms with Crippen LogP contribution in [0.25, 0.3) is 11.4 Å². The maximum Gasteiger partial charge on any atom is 0.234 e. The molecule has 0 radical (unpaired) electrons. The van der Waals surface area contributed by atoms with E-state index in [0.29, 0.717) is 31.2 Å². The van der Waals surface area contributed by atoms with Gasteiger partial charge >= 0.3 is 0 Å². The Balaban J connectivity index is 2.47. The van der Waals surface area contributed by atoms with Gasteiger partial charge in [-0.1, -0.05) is 30.3 Å². The number of nitrogens with zero attached hydrogens (tertiary/aromatic N) is 5. The van der Waals surface area contributed by atoms with Crippen molar-refractivity contribution in [3.8, 4) is 11.4 Å². The first-order valence-electron chi connectivity index (χ1n) is 6.87. The van der Waals surface area contributed by atoms with Gasteiger partial charge in [-0.2, -0.15) is 15.0 Å². The van der Waals surface area contributed by atoms with E-state index in [1.807, 2.05) is 49.3 Å². The Kier molecular flexibility index (Phi) is 5.62. The van der Waals surface area contributed by atoms with Crippen LogP contribution in [0, 0.1) is 0 Å². The third-order valence-corrected chi connectivity index (χ3v) is 2.90. The largest absolute Gasteiger partial charge is 0.364 e. The van der Waals surface area contributed by atoms with E-state index in [2.05, 4.69) is 15.0 Å². The minimum atomic E-state index is 0.332. The first-order valence-corrected chi connectivity index (χ1v) is 6.87. The summed E-state index contributed by atoms with van der Waals surface area (Å²) in [7, 11) is 7.03. The second kappa shape index (κ2) is 7.67. The van der Waals surface area contributed by atoms with E-state index in [1.54, 1.807) is 19.1 Å². The molecule has 0 amide bonds. The second-order valence-corrected chi connectivity index (χ2v) is 4.89. The van der Waals surface area contributed by atoms with Crippen molar-refractivity contribution in [2.75, 3.05) is 51.6 Å². The molecule has 0 saturated heterocycles. The molecular formula is C15H21N5O2. The zero-order valence-corrected chi connectivity index (χ0v) is 13.4. The highest BCUT2D eigenvalue weighted by Gasteiger charge is 2.15. The fourth-order valence-corrected chi connectivity index (χ4v) is 1.88. The van der Waals surface area contributed by atoms with Crippen LogP contribution in [0.3, 0.4) is 0 Å². The van der Waals surface area contributed by atoms with E-state index in [-0.39, 0.29) is 0 Å². The van der Waals surface area contributed by atoms with E-state index < -0.39 is 0 Å². The molecule has 0 spiro atoms. The number of aromatic nitrogens is 3. The zero-order chi connectivity index (χ0) is 15.9. The van der Waals surface area contributed by atoms with Crippen molar-refractivity contribution in [2.45, 2.75) is 0 Å². The number of rotatable bonds is 7. The van der Waals surface area contributed by atoms with E-state index >= 15 is 0 Å². The molecular weight excluding hydrogens is 282 g/mol. The van der Waals surface area contributed by atoms with Crippen LogP contribution in [0.2, 0.25) is 0 Å². The lowest BCUT2D eigenvalue weighted by atomic mass is 10.2. The van der Waals surface area contributed by atoms with Crippen molar-refractivity contribution in [3.63, 3.8) is 0 Å². The summed E-state index contributed by atoms with van der Waals surface area (Å²) < 4.78 is 10.4. The van der Waals surface area contributed by atoms with E-state index in [9.17, 15) is 0 Å². The smallest absolute Gasteiger partial charge is 0.234 e. The van der Waals surface area contributed by atoms with E-state index in [1.165, 1.54) is 0 Å². The summed E-state index contributed by atoms with van der Waals surface area (Å²) in [4.78, 5) is 17.1. The van der Waals surface area contributed by atoms with Crippen LogP contribution in [0.1, 0.15) is 0 Å². The molecule has 0 N–H and O–H groups in total. The summed E-state index contributed by atoms with van der Waals surface area (Å²) in [5, 5.41) is 0. The normalized spacial score (nSPS) is 10.5. The first kappa shape index (κ1) is 16.1. The molecule has 0 aliphatic carbocycles. The van der Waals surface area contributed by atoms with Crippen LogP contribution in [0.15, 0.2) is 30.3 Å². The van der Waals surface area contributed by atoms with Crippen LogP contribution in [-0.2, 0) is 9.47 Å². The molecule has 1 aromatic carbocycles. The molecule has 0 saturated carbocycles. The molecule has 0 aliphatic heterocycles. The minimum absolute atomic E-state index is 0.332. The number of ether oxygens (including phenoxy) is 2. The van der Waals surface area contributed by atoms with Crippen molar-refractivity contribution in [2.24, 2.45) is 0 Å². The molecule has 0 atom stereocenters. The van der Waals surface area contributed by atoms with Crippen LogP contribution < -0.4 is 9.80 Å². The summed E-state index contributed by atoms with van der Waals surface area (Å²) in [5.41, 5.74) is 0.934. The molecule has 1 heterocycles. The predicted molar refractivity (Wildman–Crippen MR) is 85.8 cm³/mol. The van der Waals surface area contributed by atoms with Crippen molar-refractivity contribution >= 4 is 11.9 Å². The van der Waals surface area contributed by atoms with Crippen LogP contribution in [0.4, 0.5) is 11.9 Å². The Hall–Kier alpha value is -2.25. The molecule has 0 bridgehead atoms. The summed E-state index contributed by atoms with van der Waals surface area (Å²) in [6, 6.07) is 9.80. The fourth-order valence-electron chi connectivity index (χ4n) is 1.88. The Labute approximate surface area is 130 Å². The Bertz CT molecular complexity index is 586. The third kappa shape index (κ3) is 3.90. The second-order valence-electron chi connectivity index (χ2n) is 4.89.